The normalized spacial score (nSPS) is 11.8. The molecule has 1 heteroatoms. The van der Waals surface area contributed by atoms with Gasteiger partial charge in [-0.3, -0.25) is 4.99 Å². The summed E-state index contributed by atoms with van der Waals surface area (Å²) in [7, 11) is 0. The van der Waals surface area contributed by atoms with Gasteiger partial charge in [-0.25, -0.2) is 0 Å². The van der Waals surface area contributed by atoms with Gasteiger partial charge in [-0.2, -0.15) is 0 Å². The molecule has 0 aliphatic carbocycles. The van der Waals surface area contributed by atoms with E-state index in [1.54, 1.807) is 6.08 Å². The summed E-state index contributed by atoms with van der Waals surface area (Å²) in [6, 6.07) is 0. The molecular formula is C15H21N. The fraction of sp³-hybridized carbons (Fsp3) is 0.267. The molecule has 0 N–H and O–H groups in total. The smallest absolute Gasteiger partial charge is 0.0345 e. The van der Waals surface area contributed by atoms with Gasteiger partial charge in [-0.15, -0.1) is 0 Å². The Morgan fingerprint density at radius 1 is 0.875 bits per heavy atom. The van der Waals surface area contributed by atoms with Crippen molar-refractivity contribution in [3.05, 3.63) is 60.4 Å². The predicted molar refractivity (Wildman–Crippen MR) is 74.8 cm³/mol. The first-order valence-electron chi connectivity index (χ1n) is 5.33. The van der Waals surface area contributed by atoms with Crippen molar-refractivity contribution in [3.8, 4) is 0 Å². The Morgan fingerprint density at radius 2 is 1.44 bits per heavy atom. The van der Waals surface area contributed by atoms with Crippen LogP contribution in [0.2, 0.25) is 0 Å². The van der Waals surface area contributed by atoms with E-state index in [-0.39, 0.29) is 0 Å². The molecule has 0 atom stereocenters. The summed E-state index contributed by atoms with van der Waals surface area (Å²) in [5.74, 6) is 0. The Balaban J connectivity index is 5.20. The minimum absolute atomic E-state index is 0.980. The van der Waals surface area contributed by atoms with Gasteiger partial charge < -0.3 is 0 Å². The van der Waals surface area contributed by atoms with Crippen LogP contribution in [-0.4, -0.2) is 5.71 Å². The highest BCUT2D eigenvalue weighted by molar-refractivity contribution is 5.79. The molecule has 0 aliphatic heterocycles. The van der Waals surface area contributed by atoms with Crippen molar-refractivity contribution in [2.24, 2.45) is 4.99 Å². The van der Waals surface area contributed by atoms with E-state index in [1.165, 1.54) is 5.57 Å². The molecule has 0 unspecified atom stereocenters. The Morgan fingerprint density at radius 3 is 1.81 bits per heavy atom. The number of nitrogens with zero attached hydrogens (tertiary/aromatic N) is 1. The zero-order valence-electron chi connectivity index (χ0n) is 10.7. The van der Waals surface area contributed by atoms with Crippen LogP contribution in [-0.2, 0) is 0 Å². The Labute approximate surface area is 99.3 Å². The topological polar surface area (TPSA) is 12.4 Å². The summed E-state index contributed by atoms with van der Waals surface area (Å²) >= 11 is 0. The van der Waals surface area contributed by atoms with E-state index in [0.717, 1.165) is 16.9 Å². The van der Waals surface area contributed by atoms with Crippen LogP contribution in [0.3, 0.4) is 0 Å². The molecule has 0 spiro atoms. The van der Waals surface area contributed by atoms with Gasteiger partial charge in [0.15, 0.2) is 0 Å². The third kappa shape index (κ3) is 5.97. The van der Waals surface area contributed by atoms with E-state index in [9.17, 15) is 0 Å². The van der Waals surface area contributed by atoms with Crippen molar-refractivity contribution in [1.29, 1.82) is 0 Å². The Hall–Kier alpha value is -1.63. The Kier molecular flexibility index (Phi) is 6.86. The molecule has 0 aromatic heterocycles. The van der Waals surface area contributed by atoms with Gasteiger partial charge in [-0.1, -0.05) is 43.0 Å². The molecular weight excluding hydrogens is 194 g/mol. The third-order valence-corrected chi connectivity index (χ3v) is 1.83. The molecule has 0 rings (SSSR count). The molecule has 0 bridgehead atoms. The molecule has 0 aromatic carbocycles. The Bertz CT molecular complexity index is 330. The number of hydrogen-bond acceptors (Lipinski definition) is 1. The number of allylic oxidation sites excluding steroid dienone is 7. The van der Waals surface area contributed by atoms with Crippen LogP contribution in [0.1, 0.15) is 27.7 Å². The lowest BCUT2D eigenvalue weighted by atomic mass is 10.1. The van der Waals surface area contributed by atoms with Crippen molar-refractivity contribution in [2.75, 3.05) is 0 Å². The highest BCUT2D eigenvalue weighted by Gasteiger charge is 1.95. The third-order valence-electron chi connectivity index (χ3n) is 1.83. The second kappa shape index (κ2) is 7.63. The highest BCUT2D eigenvalue weighted by Crippen LogP contribution is 2.13. The summed E-state index contributed by atoms with van der Waals surface area (Å²) in [5.41, 5.74) is 4.28. The minimum atomic E-state index is 0.980. The average molecular weight is 215 g/mol. The standard InChI is InChI=1S/C15H21N/c1-7-14(10-9-12(3)4)15(8-2)11-16-13(5)6/h7-11H,1-2H2,3-6H3/b14-10+,15-11+. The van der Waals surface area contributed by atoms with Gasteiger partial charge in [0.05, 0.1) is 0 Å². The first-order valence-corrected chi connectivity index (χ1v) is 5.33. The van der Waals surface area contributed by atoms with Crippen molar-refractivity contribution in [3.63, 3.8) is 0 Å². The zero-order valence-corrected chi connectivity index (χ0v) is 10.7. The second-order valence-electron chi connectivity index (χ2n) is 3.94. The summed E-state index contributed by atoms with van der Waals surface area (Å²) in [5, 5.41) is 0. The lowest BCUT2D eigenvalue weighted by Crippen LogP contribution is -1.84. The van der Waals surface area contributed by atoms with Gasteiger partial charge in [0, 0.05) is 11.9 Å². The fourth-order valence-electron chi connectivity index (χ4n) is 0.982. The maximum Gasteiger partial charge on any atom is 0.0345 e. The molecule has 86 valence electrons. The van der Waals surface area contributed by atoms with Gasteiger partial charge in [0.25, 0.3) is 0 Å². The predicted octanol–water partition coefficient (Wildman–Crippen LogP) is 4.62. The maximum absolute atomic E-state index is 4.27. The summed E-state index contributed by atoms with van der Waals surface area (Å²) in [4.78, 5) is 4.27. The number of hydrogen-bond donors (Lipinski definition) is 0. The molecule has 1 nitrogen and oxygen atoms in total. The van der Waals surface area contributed by atoms with Gasteiger partial charge >= 0.3 is 0 Å². The molecule has 0 fully saturated rings. The van der Waals surface area contributed by atoms with Crippen molar-refractivity contribution < 1.29 is 0 Å². The van der Waals surface area contributed by atoms with Gasteiger partial charge in [0.2, 0.25) is 0 Å². The number of rotatable bonds is 5. The first-order chi connectivity index (χ1) is 7.51. The highest BCUT2D eigenvalue weighted by atomic mass is 14.7. The van der Waals surface area contributed by atoms with Crippen molar-refractivity contribution in [1.82, 2.24) is 0 Å². The van der Waals surface area contributed by atoms with E-state index < -0.39 is 0 Å². The van der Waals surface area contributed by atoms with Crippen molar-refractivity contribution in [2.45, 2.75) is 27.7 Å². The molecule has 0 saturated carbocycles. The van der Waals surface area contributed by atoms with Crippen LogP contribution in [0.4, 0.5) is 0 Å². The lowest BCUT2D eigenvalue weighted by molar-refractivity contribution is 1.38. The molecule has 0 heterocycles. The first kappa shape index (κ1) is 14.4. The SMILES string of the molecule is C=CC(=C\C=C(C)C)/C(C=C)=C/N=C(C)C. The monoisotopic (exact) mass is 215 g/mol. The summed E-state index contributed by atoms with van der Waals surface area (Å²) in [6.45, 7) is 15.6. The zero-order chi connectivity index (χ0) is 12.6. The van der Waals surface area contributed by atoms with E-state index in [2.05, 4.69) is 38.1 Å². The van der Waals surface area contributed by atoms with E-state index in [4.69, 9.17) is 0 Å². The van der Waals surface area contributed by atoms with Crippen LogP contribution in [0.5, 0.6) is 0 Å². The largest absolute Gasteiger partial charge is 0.266 e. The maximum atomic E-state index is 4.27. The van der Waals surface area contributed by atoms with Crippen LogP contribution in [0.15, 0.2) is 65.4 Å². The van der Waals surface area contributed by atoms with E-state index >= 15 is 0 Å². The summed E-state index contributed by atoms with van der Waals surface area (Å²) in [6.07, 6.45) is 9.49. The molecule has 0 aliphatic rings. The van der Waals surface area contributed by atoms with Crippen LogP contribution >= 0.6 is 0 Å². The second-order valence-corrected chi connectivity index (χ2v) is 3.94. The van der Waals surface area contributed by atoms with Crippen LogP contribution in [0, 0.1) is 0 Å². The quantitative estimate of drug-likeness (QED) is 0.469. The van der Waals surface area contributed by atoms with Crippen molar-refractivity contribution >= 4 is 5.71 Å². The van der Waals surface area contributed by atoms with Crippen LogP contribution < -0.4 is 0 Å². The number of aliphatic imine (C=N–C) groups is 1. The van der Waals surface area contributed by atoms with Gasteiger partial charge in [0.1, 0.15) is 0 Å². The lowest BCUT2D eigenvalue weighted by Gasteiger charge is -2.01. The molecule has 16 heavy (non-hydrogen) atoms. The molecule has 0 saturated heterocycles. The fourth-order valence-corrected chi connectivity index (χ4v) is 0.982. The summed E-state index contributed by atoms with van der Waals surface area (Å²) < 4.78 is 0. The molecule has 0 radical (unpaired) electrons. The van der Waals surface area contributed by atoms with Crippen LogP contribution in [0.25, 0.3) is 0 Å². The average Bonchev–Trinajstić information content (AvgIpc) is 2.22. The molecule has 0 aromatic rings. The molecule has 0 amide bonds. The minimum Gasteiger partial charge on any atom is -0.266 e. The van der Waals surface area contributed by atoms with E-state index in [1.807, 2.05) is 32.2 Å². The van der Waals surface area contributed by atoms with E-state index in [0.29, 0.717) is 0 Å². The van der Waals surface area contributed by atoms with Gasteiger partial charge in [-0.05, 0) is 38.8 Å².